The number of pyridine rings is 2. The van der Waals surface area contributed by atoms with Crippen molar-refractivity contribution in [1.29, 1.82) is 5.26 Å². The zero-order valence-corrected chi connectivity index (χ0v) is 33.0. The molecule has 1 atom stereocenters. The molecule has 0 radical (unpaired) electrons. The van der Waals surface area contributed by atoms with Gasteiger partial charge in [-0.3, -0.25) is 24.8 Å². The molecule has 0 spiro atoms. The number of fused-ring (bicyclic) bond motifs is 1. The molecule has 0 unspecified atom stereocenters. The van der Waals surface area contributed by atoms with E-state index in [1.54, 1.807) is 22.0 Å². The molecular formula is C41H47N13O2S. The number of piperazine rings is 1. The number of amides is 2. The first-order valence-corrected chi connectivity index (χ1v) is 20.9. The van der Waals surface area contributed by atoms with Crippen LogP contribution in [0.25, 0.3) is 27.5 Å². The number of imide groups is 1. The molecule has 0 saturated carbocycles. The summed E-state index contributed by atoms with van der Waals surface area (Å²) in [6.07, 6.45) is 10.9. The van der Waals surface area contributed by atoms with Crippen LogP contribution in [0.15, 0.2) is 55.0 Å². The number of carbonyl (C=O) groups excluding carboxylic acids is 2. The maximum Gasteiger partial charge on any atom is 0.234 e. The number of carbonyl (C=O) groups is 2. The van der Waals surface area contributed by atoms with Crippen molar-refractivity contribution < 1.29 is 9.59 Å². The Morgan fingerprint density at radius 3 is 2.44 bits per heavy atom. The fraction of sp³-hybridized carbons (Fsp3) is 0.463. The van der Waals surface area contributed by atoms with Gasteiger partial charge in [0.2, 0.25) is 16.9 Å². The highest BCUT2D eigenvalue weighted by atomic mass is 32.1. The smallest absolute Gasteiger partial charge is 0.234 e. The second kappa shape index (κ2) is 16.2. The summed E-state index contributed by atoms with van der Waals surface area (Å²) in [6, 6.07) is 14.6. The Hall–Kier alpha value is -5.50. The Morgan fingerprint density at radius 2 is 1.70 bits per heavy atom. The predicted octanol–water partition coefficient (Wildman–Crippen LogP) is 4.25. The van der Waals surface area contributed by atoms with Gasteiger partial charge in [-0.2, -0.15) is 10.4 Å². The van der Waals surface area contributed by atoms with Crippen molar-refractivity contribution in [3.05, 3.63) is 66.1 Å². The normalized spacial score (nSPS) is 20.5. The molecule has 2 N–H and O–H groups in total. The molecule has 9 rings (SSSR count). The van der Waals surface area contributed by atoms with Gasteiger partial charge < -0.3 is 20.0 Å². The van der Waals surface area contributed by atoms with Crippen molar-refractivity contribution in [2.75, 3.05) is 81.1 Å². The van der Waals surface area contributed by atoms with Crippen molar-refractivity contribution in [2.45, 2.75) is 50.5 Å². The van der Waals surface area contributed by atoms with Crippen molar-refractivity contribution in [3.8, 4) is 28.0 Å². The number of piperidine rings is 3. The quantitative estimate of drug-likeness (QED) is 0.204. The second-order valence-electron chi connectivity index (χ2n) is 15.6. The van der Waals surface area contributed by atoms with Gasteiger partial charge in [-0.05, 0) is 87.0 Å². The van der Waals surface area contributed by atoms with E-state index in [1.165, 1.54) is 32.2 Å². The number of nitrogens with zero attached hydrogens (tertiary/aromatic N) is 11. The minimum atomic E-state index is -0.292. The van der Waals surface area contributed by atoms with E-state index >= 15 is 0 Å². The Balaban J connectivity index is 0.725. The van der Waals surface area contributed by atoms with Crippen LogP contribution in [0.2, 0.25) is 0 Å². The van der Waals surface area contributed by atoms with Crippen molar-refractivity contribution >= 4 is 45.3 Å². The van der Waals surface area contributed by atoms with Gasteiger partial charge in [0.05, 0.1) is 40.1 Å². The summed E-state index contributed by atoms with van der Waals surface area (Å²) in [5.74, 6) is 0.983. The van der Waals surface area contributed by atoms with E-state index in [4.69, 9.17) is 9.97 Å². The number of nitrogens with one attached hydrogen (secondary N) is 2. The SMILES string of the molecule is CNc1cc(-c2ccc3cc(C#N)cnn23)ncc1-c1nnc(N2CCN(C3CCN(CC4CCN(c5ccc([C@H]6CCC(=O)NC6=O)cn5)CC4)CC3)CC2)s1. The lowest BCUT2D eigenvalue weighted by Crippen LogP contribution is -2.53. The summed E-state index contributed by atoms with van der Waals surface area (Å²) < 4.78 is 1.80. The van der Waals surface area contributed by atoms with Crippen LogP contribution in [0.1, 0.15) is 55.6 Å². The number of rotatable bonds is 9. The van der Waals surface area contributed by atoms with Crippen LogP contribution in [0.5, 0.6) is 0 Å². The molecule has 16 heteroatoms. The summed E-state index contributed by atoms with van der Waals surface area (Å²) in [5.41, 5.74) is 5.71. The summed E-state index contributed by atoms with van der Waals surface area (Å²) in [5, 5.41) is 30.5. The molecule has 294 valence electrons. The maximum atomic E-state index is 12.3. The summed E-state index contributed by atoms with van der Waals surface area (Å²) in [6.45, 7) is 9.46. The van der Waals surface area contributed by atoms with Crippen LogP contribution in [-0.4, -0.2) is 123 Å². The highest BCUT2D eigenvalue weighted by molar-refractivity contribution is 7.18. The number of hydrogen-bond acceptors (Lipinski definition) is 14. The zero-order valence-electron chi connectivity index (χ0n) is 32.2. The molecule has 4 fully saturated rings. The third kappa shape index (κ3) is 7.79. The van der Waals surface area contributed by atoms with E-state index in [2.05, 4.69) is 51.6 Å². The van der Waals surface area contributed by atoms with Crippen LogP contribution in [0.3, 0.4) is 0 Å². The van der Waals surface area contributed by atoms with Gasteiger partial charge in [0.25, 0.3) is 0 Å². The molecule has 0 aliphatic carbocycles. The highest BCUT2D eigenvalue weighted by Gasteiger charge is 2.31. The van der Waals surface area contributed by atoms with Gasteiger partial charge >= 0.3 is 0 Å². The van der Waals surface area contributed by atoms with Crippen LogP contribution >= 0.6 is 11.3 Å². The molecule has 4 aliphatic rings. The van der Waals surface area contributed by atoms with Gasteiger partial charge in [0, 0.05) is 83.4 Å². The summed E-state index contributed by atoms with van der Waals surface area (Å²) >= 11 is 1.61. The topological polar surface area (TPSA) is 164 Å². The lowest BCUT2D eigenvalue weighted by Gasteiger charge is -2.43. The van der Waals surface area contributed by atoms with Crippen molar-refractivity contribution in [1.82, 2.24) is 44.9 Å². The van der Waals surface area contributed by atoms with Gasteiger partial charge in [-0.1, -0.05) is 17.4 Å². The van der Waals surface area contributed by atoms with Gasteiger partial charge in [0.1, 0.15) is 11.9 Å². The Kier molecular flexibility index (Phi) is 10.5. The molecule has 5 aromatic rings. The Morgan fingerprint density at radius 1 is 0.877 bits per heavy atom. The standard InChI is InChI=1S/C41H47N13O2S/c1-43-34-21-35(36-5-3-31-20-28(22-42)23-46-54(31)36)44-25-33(34)40-48-49-41(57-40)53-18-16-51(17-19-53)30-10-12-50(13-11-30)26-27-8-14-52(15-9-27)37-6-2-29(24-45-37)32-4-7-38(55)47-39(32)56/h2-3,5-6,20-21,23-25,27,30,32H,4,7-19,26H2,1H3,(H,43,44)(H,47,55,56)/t32-/m1/s1. The zero-order chi connectivity index (χ0) is 38.9. The molecule has 9 heterocycles. The van der Waals surface area contributed by atoms with E-state index in [1.807, 2.05) is 55.8 Å². The van der Waals surface area contributed by atoms with E-state index in [0.29, 0.717) is 30.4 Å². The number of anilines is 3. The monoisotopic (exact) mass is 785 g/mol. The average molecular weight is 786 g/mol. The summed E-state index contributed by atoms with van der Waals surface area (Å²) in [7, 11) is 1.90. The maximum absolute atomic E-state index is 12.3. The molecule has 5 aromatic heterocycles. The van der Waals surface area contributed by atoms with E-state index in [0.717, 1.165) is 102 Å². The third-order valence-corrected chi connectivity index (χ3v) is 13.3. The van der Waals surface area contributed by atoms with Crippen molar-refractivity contribution in [2.24, 2.45) is 5.92 Å². The second-order valence-corrected chi connectivity index (χ2v) is 16.6. The fourth-order valence-corrected chi connectivity index (χ4v) is 9.86. The molecule has 15 nitrogen and oxygen atoms in total. The molecule has 57 heavy (non-hydrogen) atoms. The minimum Gasteiger partial charge on any atom is -0.387 e. The van der Waals surface area contributed by atoms with Gasteiger partial charge in [-0.15, -0.1) is 10.2 Å². The molecule has 4 saturated heterocycles. The van der Waals surface area contributed by atoms with E-state index in [-0.39, 0.29) is 17.7 Å². The van der Waals surface area contributed by atoms with Gasteiger partial charge in [0.15, 0.2) is 5.01 Å². The molecular weight excluding hydrogens is 739 g/mol. The van der Waals surface area contributed by atoms with Crippen LogP contribution in [0.4, 0.5) is 16.6 Å². The number of likely N-dealkylation sites (tertiary alicyclic amines) is 1. The third-order valence-electron chi connectivity index (χ3n) is 12.2. The van der Waals surface area contributed by atoms with Gasteiger partial charge in [-0.25, -0.2) is 9.50 Å². The molecule has 0 bridgehead atoms. The van der Waals surface area contributed by atoms with E-state index < -0.39 is 0 Å². The van der Waals surface area contributed by atoms with Crippen molar-refractivity contribution in [3.63, 3.8) is 0 Å². The lowest BCUT2D eigenvalue weighted by molar-refractivity contribution is -0.134. The van der Waals surface area contributed by atoms with Crippen LogP contribution in [0, 0.1) is 17.2 Å². The lowest BCUT2D eigenvalue weighted by atomic mass is 9.91. The fourth-order valence-electron chi connectivity index (χ4n) is 8.94. The first kappa shape index (κ1) is 37.1. The number of nitriles is 1. The first-order valence-electron chi connectivity index (χ1n) is 20.1. The first-order chi connectivity index (χ1) is 27.9. The average Bonchev–Trinajstić information content (AvgIpc) is 3.92. The van der Waals surface area contributed by atoms with Crippen LogP contribution < -0.4 is 20.4 Å². The number of aromatic nitrogens is 6. The highest BCUT2D eigenvalue weighted by Crippen LogP contribution is 2.36. The molecule has 4 aliphatic heterocycles. The number of hydrogen-bond donors (Lipinski definition) is 2. The van der Waals surface area contributed by atoms with E-state index in [9.17, 15) is 14.9 Å². The Labute approximate surface area is 335 Å². The Bertz CT molecular complexity index is 2280. The summed E-state index contributed by atoms with van der Waals surface area (Å²) in [4.78, 5) is 43.4. The molecule has 0 aromatic carbocycles. The largest absolute Gasteiger partial charge is 0.387 e. The predicted molar refractivity (Wildman–Crippen MR) is 219 cm³/mol. The van der Waals surface area contributed by atoms with Crippen LogP contribution in [-0.2, 0) is 9.59 Å². The molecule has 2 amide bonds. The minimum absolute atomic E-state index is 0.189.